The first-order chi connectivity index (χ1) is 16.2. The van der Waals surface area contributed by atoms with E-state index in [9.17, 15) is 22.8 Å². The average molecular weight is 506 g/mol. The molecule has 0 saturated heterocycles. The van der Waals surface area contributed by atoms with Gasteiger partial charge in [-0.25, -0.2) is 0 Å². The first-order valence-corrected chi connectivity index (χ1v) is 13.9. The molecule has 1 unspecified atom stereocenters. The SMILES string of the molecule is CCCCCCCC/C=C\CCCCCCCC(=O)NCCOS(=O)(=O)C(CC(=O)O)C(=O)O. The minimum Gasteiger partial charge on any atom is -0.481 e. The summed E-state index contributed by atoms with van der Waals surface area (Å²) in [6.07, 6.45) is 19.0. The molecule has 0 bridgehead atoms. The molecular formula is C24H43NO8S. The molecule has 0 saturated carbocycles. The lowest BCUT2D eigenvalue weighted by Crippen LogP contribution is -2.35. The first kappa shape index (κ1) is 32.1. The fourth-order valence-corrected chi connectivity index (χ4v) is 4.42. The molecule has 10 heteroatoms. The van der Waals surface area contributed by atoms with Crippen molar-refractivity contribution < 1.29 is 37.2 Å². The highest BCUT2D eigenvalue weighted by atomic mass is 32.2. The number of rotatable bonds is 23. The Labute approximate surface area is 204 Å². The molecule has 0 aromatic heterocycles. The van der Waals surface area contributed by atoms with Gasteiger partial charge in [-0.2, -0.15) is 8.42 Å². The second-order valence-corrected chi connectivity index (χ2v) is 10.2. The molecule has 0 aliphatic heterocycles. The molecule has 0 fully saturated rings. The van der Waals surface area contributed by atoms with Gasteiger partial charge in [0, 0.05) is 13.0 Å². The van der Waals surface area contributed by atoms with Crippen LogP contribution in [0.15, 0.2) is 12.2 Å². The van der Waals surface area contributed by atoms with Crippen LogP contribution in [0.5, 0.6) is 0 Å². The second-order valence-electron chi connectivity index (χ2n) is 8.42. The largest absolute Gasteiger partial charge is 0.481 e. The lowest BCUT2D eigenvalue weighted by molar-refractivity contribution is -0.143. The number of carbonyl (C=O) groups is 3. The average Bonchev–Trinajstić information content (AvgIpc) is 2.77. The molecule has 3 N–H and O–H groups in total. The Kier molecular flexibility index (Phi) is 19.3. The predicted octanol–water partition coefficient (Wildman–Crippen LogP) is 4.41. The van der Waals surface area contributed by atoms with Crippen LogP contribution in [0.25, 0.3) is 0 Å². The zero-order chi connectivity index (χ0) is 25.7. The third-order valence-electron chi connectivity index (χ3n) is 5.32. The zero-order valence-electron chi connectivity index (χ0n) is 20.5. The summed E-state index contributed by atoms with van der Waals surface area (Å²) in [5.74, 6) is -3.59. The van der Waals surface area contributed by atoms with E-state index in [1.54, 1.807) is 0 Å². The van der Waals surface area contributed by atoms with Crippen LogP contribution in [-0.4, -0.2) is 54.9 Å². The summed E-state index contributed by atoms with van der Waals surface area (Å²) >= 11 is 0. The Balaban J connectivity index is 3.69. The molecule has 0 aromatic rings. The van der Waals surface area contributed by atoms with Crippen LogP contribution in [0.2, 0.25) is 0 Å². The lowest BCUT2D eigenvalue weighted by atomic mass is 10.1. The summed E-state index contributed by atoms with van der Waals surface area (Å²) < 4.78 is 28.1. The number of carboxylic acid groups (broad SMARTS) is 2. The molecule has 1 amide bonds. The van der Waals surface area contributed by atoms with Crippen molar-refractivity contribution in [3.05, 3.63) is 12.2 Å². The summed E-state index contributed by atoms with van der Waals surface area (Å²) in [5.41, 5.74) is 0. The van der Waals surface area contributed by atoms with Gasteiger partial charge in [-0.1, -0.05) is 70.4 Å². The van der Waals surface area contributed by atoms with E-state index in [4.69, 9.17) is 10.2 Å². The van der Waals surface area contributed by atoms with Gasteiger partial charge in [-0.3, -0.25) is 18.6 Å². The van der Waals surface area contributed by atoms with E-state index in [0.29, 0.717) is 6.42 Å². The number of amides is 1. The van der Waals surface area contributed by atoms with Gasteiger partial charge in [0.25, 0.3) is 10.1 Å². The Morgan fingerprint density at radius 1 is 0.853 bits per heavy atom. The number of hydrogen-bond acceptors (Lipinski definition) is 6. The number of carbonyl (C=O) groups excluding carboxylic acids is 1. The predicted molar refractivity (Wildman–Crippen MR) is 131 cm³/mol. The Bertz CT molecular complexity index is 706. The topological polar surface area (TPSA) is 147 Å². The molecule has 0 heterocycles. The smallest absolute Gasteiger partial charge is 0.325 e. The second kappa shape index (κ2) is 20.4. The minimum atomic E-state index is -4.59. The number of hydrogen-bond donors (Lipinski definition) is 3. The zero-order valence-corrected chi connectivity index (χ0v) is 21.3. The summed E-state index contributed by atoms with van der Waals surface area (Å²) in [4.78, 5) is 33.4. The van der Waals surface area contributed by atoms with Crippen LogP contribution >= 0.6 is 0 Å². The third kappa shape index (κ3) is 18.5. The Morgan fingerprint density at radius 2 is 1.38 bits per heavy atom. The maximum atomic E-state index is 11.8. The van der Waals surface area contributed by atoms with Gasteiger partial charge in [0.1, 0.15) is 0 Å². The van der Waals surface area contributed by atoms with Crippen molar-refractivity contribution in [2.75, 3.05) is 13.2 Å². The highest BCUT2D eigenvalue weighted by molar-refractivity contribution is 7.88. The van der Waals surface area contributed by atoms with Gasteiger partial charge < -0.3 is 15.5 Å². The quantitative estimate of drug-likeness (QED) is 0.105. The molecule has 34 heavy (non-hydrogen) atoms. The van der Waals surface area contributed by atoms with Crippen molar-refractivity contribution in [1.29, 1.82) is 0 Å². The number of aliphatic carboxylic acids is 2. The highest BCUT2D eigenvalue weighted by Gasteiger charge is 2.35. The van der Waals surface area contributed by atoms with E-state index in [0.717, 1.165) is 38.5 Å². The molecule has 0 rings (SSSR count). The summed E-state index contributed by atoms with van der Waals surface area (Å²) in [6.45, 7) is 1.67. The van der Waals surface area contributed by atoms with Crippen molar-refractivity contribution >= 4 is 28.0 Å². The van der Waals surface area contributed by atoms with Crippen LogP contribution in [0, 0.1) is 0 Å². The lowest BCUT2D eigenvalue weighted by Gasteiger charge is -2.12. The van der Waals surface area contributed by atoms with Crippen molar-refractivity contribution in [2.24, 2.45) is 0 Å². The number of carboxylic acids is 2. The van der Waals surface area contributed by atoms with Crippen molar-refractivity contribution in [1.82, 2.24) is 5.32 Å². The minimum absolute atomic E-state index is 0.109. The van der Waals surface area contributed by atoms with Crippen LogP contribution in [0.1, 0.15) is 103 Å². The maximum absolute atomic E-state index is 11.8. The van der Waals surface area contributed by atoms with Crippen LogP contribution < -0.4 is 5.32 Å². The van der Waals surface area contributed by atoms with Gasteiger partial charge in [-0.05, 0) is 32.1 Å². The Hall–Kier alpha value is -1.94. The molecule has 0 aliphatic carbocycles. The number of nitrogens with one attached hydrogen (secondary N) is 1. The van der Waals surface area contributed by atoms with Gasteiger partial charge in [0.05, 0.1) is 13.0 Å². The van der Waals surface area contributed by atoms with Gasteiger partial charge in [0.2, 0.25) is 5.91 Å². The molecule has 198 valence electrons. The summed E-state index contributed by atoms with van der Waals surface area (Å²) in [7, 11) is -4.59. The molecule has 0 aromatic carbocycles. The number of allylic oxidation sites excluding steroid dienone is 2. The summed E-state index contributed by atoms with van der Waals surface area (Å²) in [5, 5.41) is 17.8. The standard InChI is InChI=1S/C24H43NO8S/c1-2-3-4-5-6-7-8-9-10-11-12-13-14-15-16-17-22(26)25-18-19-33-34(31,32)21(24(29)30)20-23(27)28/h9-10,21H,2-8,11-20H2,1H3,(H,25,26)(H,27,28)(H,29,30)/b10-9-. The van der Waals surface area contributed by atoms with Gasteiger partial charge in [0.15, 0.2) is 5.25 Å². The molecule has 0 aliphatic rings. The molecular weight excluding hydrogens is 462 g/mol. The van der Waals surface area contributed by atoms with Crippen LogP contribution in [0.4, 0.5) is 0 Å². The van der Waals surface area contributed by atoms with E-state index in [-0.39, 0.29) is 12.5 Å². The maximum Gasteiger partial charge on any atom is 0.325 e. The normalized spacial score (nSPS) is 12.6. The van der Waals surface area contributed by atoms with Crippen molar-refractivity contribution in [3.63, 3.8) is 0 Å². The molecule has 0 spiro atoms. The summed E-state index contributed by atoms with van der Waals surface area (Å²) in [6, 6.07) is 0. The molecule has 0 radical (unpaired) electrons. The number of unbranched alkanes of at least 4 members (excludes halogenated alkanes) is 11. The van der Waals surface area contributed by atoms with E-state index in [1.165, 1.54) is 44.9 Å². The molecule has 1 atom stereocenters. The highest BCUT2D eigenvalue weighted by Crippen LogP contribution is 2.11. The van der Waals surface area contributed by atoms with E-state index < -0.39 is 40.3 Å². The van der Waals surface area contributed by atoms with Crippen LogP contribution in [0.3, 0.4) is 0 Å². The van der Waals surface area contributed by atoms with E-state index in [2.05, 4.69) is 28.6 Å². The Morgan fingerprint density at radius 3 is 1.91 bits per heavy atom. The first-order valence-electron chi connectivity index (χ1n) is 12.4. The fourth-order valence-electron chi connectivity index (χ4n) is 3.35. The van der Waals surface area contributed by atoms with E-state index in [1.807, 2.05) is 0 Å². The van der Waals surface area contributed by atoms with Crippen LogP contribution in [-0.2, 0) is 28.7 Å². The monoisotopic (exact) mass is 505 g/mol. The van der Waals surface area contributed by atoms with Gasteiger partial charge in [-0.15, -0.1) is 0 Å². The third-order valence-corrected chi connectivity index (χ3v) is 6.88. The van der Waals surface area contributed by atoms with E-state index >= 15 is 0 Å². The molecule has 9 nitrogen and oxygen atoms in total. The van der Waals surface area contributed by atoms with Crippen molar-refractivity contribution in [2.45, 2.75) is 108 Å². The fraction of sp³-hybridized carbons (Fsp3) is 0.792. The van der Waals surface area contributed by atoms with Crippen molar-refractivity contribution in [3.8, 4) is 0 Å². The van der Waals surface area contributed by atoms with Gasteiger partial charge >= 0.3 is 11.9 Å².